The van der Waals surface area contributed by atoms with Gasteiger partial charge in [-0.2, -0.15) is 0 Å². The second-order valence-corrected chi connectivity index (χ2v) is 7.16. The van der Waals surface area contributed by atoms with Gasteiger partial charge in [-0.05, 0) is 42.3 Å². The van der Waals surface area contributed by atoms with E-state index in [1.807, 2.05) is 0 Å². The zero-order chi connectivity index (χ0) is 15.0. The molecule has 1 saturated carbocycles. The molecule has 3 heteroatoms. The Morgan fingerprint density at radius 3 is 2.40 bits per heavy atom. The van der Waals surface area contributed by atoms with Gasteiger partial charge in [0.2, 0.25) is 0 Å². The maximum atomic E-state index is 14.1. The number of hydrogen-bond donors (Lipinski definition) is 1. The monoisotopic (exact) mass is 281 g/mol. The topological polar surface area (TPSA) is 12.0 Å². The minimum Gasteiger partial charge on any atom is -0.316 e. The van der Waals surface area contributed by atoms with Crippen LogP contribution in [0, 0.1) is 23.0 Å². The van der Waals surface area contributed by atoms with Crippen molar-refractivity contribution in [2.45, 2.75) is 46.0 Å². The van der Waals surface area contributed by atoms with Gasteiger partial charge in [-0.3, -0.25) is 0 Å². The van der Waals surface area contributed by atoms with Crippen molar-refractivity contribution in [3.63, 3.8) is 0 Å². The van der Waals surface area contributed by atoms with Crippen LogP contribution < -0.4 is 5.32 Å². The highest BCUT2D eigenvalue weighted by molar-refractivity contribution is 5.32. The fraction of sp³-hybridized carbons (Fsp3) is 0.647. The SMILES string of the molecule is CCNCC1(c2ccc(F)cc2F)CC(C(C)(C)C)C1. The Morgan fingerprint density at radius 1 is 1.25 bits per heavy atom. The summed E-state index contributed by atoms with van der Waals surface area (Å²) < 4.78 is 27.3. The molecule has 2 rings (SSSR count). The van der Waals surface area contributed by atoms with E-state index >= 15 is 0 Å². The second kappa shape index (κ2) is 5.44. The maximum absolute atomic E-state index is 14.1. The van der Waals surface area contributed by atoms with Gasteiger partial charge in [0, 0.05) is 18.0 Å². The van der Waals surface area contributed by atoms with Crippen molar-refractivity contribution in [2.24, 2.45) is 11.3 Å². The molecule has 1 aliphatic rings. The summed E-state index contributed by atoms with van der Waals surface area (Å²) in [5, 5.41) is 3.34. The molecule has 0 atom stereocenters. The van der Waals surface area contributed by atoms with Crippen LogP contribution in [0.4, 0.5) is 8.78 Å². The van der Waals surface area contributed by atoms with Gasteiger partial charge in [-0.15, -0.1) is 0 Å². The van der Waals surface area contributed by atoms with Crippen molar-refractivity contribution in [1.82, 2.24) is 5.32 Å². The zero-order valence-electron chi connectivity index (χ0n) is 12.9. The number of nitrogens with one attached hydrogen (secondary N) is 1. The lowest BCUT2D eigenvalue weighted by Crippen LogP contribution is -2.52. The van der Waals surface area contributed by atoms with Gasteiger partial charge in [0.1, 0.15) is 11.6 Å². The highest BCUT2D eigenvalue weighted by Gasteiger charge is 2.50. The van der Waals surface area contributed by atoms with Gasteiger partial charge >= 0.3 is 0 Å². The molecule has 0 saturated heterocycles. The summed E-state index contributed by atoms with van der Waals surface area (Å²) in [6.07, 6.45) is 1.93. The minimum absolute atomic E-state index is 0.175. The average Bonchev–Trinajstić information content (AvgIpc) is 2.28. The molecule has 1 N–H and O–H groups in total. The van der Waals surface area contributed by atoms with E-state index in [1.165, 1.54) is 6.07 Å². The Labute approximate surface area is 120 Å². The molecular weight excluding hydrogens is 256 g/mol. The van der Waals surface area contributed by atoms with Gasteiger partial charge in [-0.25, -0.2) is 8.78 Å². The van der Waals surface area contributed by atoms with E-state index < -0.39 is 11.6 Å². The number of benzene rings is 1. The van der Waals surface area contributed by atoms with Gasteiger partial charge in [0.15, 0.2) is 0 Å². The van der Waals surface area contributed by atoms with E-state index in [1.54, 1.807) is 6.07 Å². The Morgan fingerprint density at radius 2 is 1.90 bits per heavy atom. The van der Waals surface area contributed by atoms with Crippen LogP contribution in [-0.2, 0) is 5.41 Å². The number of likely N-dealkylation sites (N-methyl/N-ethyl adjacent to an activating group) is 1. The Balaban J connectivity index is 2.26. The number of hydrogen-bond acceptors (Lipinski definition) is 1. The van der Waals surface area contributed by atoms with Crippen LogP contribution in [0.25, 0.3) is 0 Å². The van der Waals surface area contributed by atoms with E-state index in [0.29, 0.717) is 11.5 Å². The normalized spacial score (nSPS) is 26.4. The Kier molecular flexibility index (Phi) is 4.19. The molecule has 1 nitrogen and oxygen atoms in total. The van der Waals surface area contributed by atoms with E-state index in [9.17, 15) is 8.78 Å². The lowest BCUT2D eigenvalue weighted by molar-refractivity contribution is 0.0429. The summed E-state index contributed by atoms with van der Waals surface area (Å²) in [6, 6.07) is 4.00. The largest absolute Gasteiger partial charge is 0.316 e. The molecule has 0 radical (unpaired) electrons. The smallest absolute Gasteiger partial charge is 0.129 e. The molecule has 0 spiro atoms. The molecule has 20 heavy (non-hydrogen) atoms. The quantitative estimate of drug-likeness (QED) is 0.869. The molecule has 1 fully saturated rings. The fourth-order valence-electron chi connectivity index (χ4n) is 3.24. The van der Waals surface area contributed by atoms with Crippen LogP contribution in [0.3, 0.4) is 0 Å². The summed E-state index contributed by atoms with van der Waals surface area (Å²) >= 11 is 0. The number of rotatable bonds is 4. The maximum Gasteiger partial charge on any atom is 0.129 e. The van der Waals surface area contributed by atoms with Gasteiger partial charge in [0.05, 0.1) is 0 Å². The first-order valence-electron chi connectivity index (χ1n) is 7.45. The molecule has 0 bridgehead atoms. The molecule has 0 amide bonds. The Hall–Kier alpha value is -0.960. The fourth-order valence-corrected chi connectivity index (χ4v) is 3.24. The van der Waals surface area contributed by atoms with Gasteiger partial charge in [0.25, 0.3) is 0 Å². The second-order valence-electron chi connectivity index (χ2n) is 7.16. The van der Waals surface area contributed by atoms with Crippen LogP contribution in [0.5, 0.6) is 0 Å². The van der Waals surface area contributed by atoms with E-state index in [4.69, 9.17) is 0 Å². The van der Waals surface area contributed by atoms with Crippen LogP contribution in [0.1, 0.15) is 46.1 Å². The van der Waals surface area contributed by atoms with Crippen molar-refractivity contribution >= 4 is 0 Å². The third-order valence-electron chi connectivity index (χ3n) is 4.71. The highest BCUT2D eigenvalue weighted by Crippen LogP contribution is 2.54. The van der Waals surface area contributed by atoms with Gasteiger partial charge < -0.3 is 5.32 Å². The highest BCUT2D eigenvalue weighted by atomic mass is 19.1. The Bertz CT molecular complexity index is 470. The van der Waals surface area contributed by atoms with E-state index in [2.05, 4.69) is 33.0 Å². The lowest BCUT2D eigenvalue weighted by Gasteiger charge is -2.53. The molecular formula is C17H25F2N. The summed E-state index contributed by atoms with van der Waals surface area (Å²) in [4.78, 5) is 0. The molecule has 0 heterocycles. The standard InChI is InChI=1S/C17H25F2N/c1-5-20-11-17(9-12(10-17)16(2,3)4)14-7-6-13(18)8-15(14)19/h6-8,12,20H,5,9-11H2,1-4H3. The minimum atomic E-state index is -0.503. The predicted molar refractivity (Wildman–Crippen MR) is 78.8 cm³/mol. The average molecular weight is 281 g/mol. The van der Waals surface area contributed by atoms with Crippen LogP contribution in [0.2, 0.25) is 0 Å². The first-order valence-corrected chi connectivity index (χ1v) is 7.45. The van der Waals surface area contributed by atoms with Crippen LogP contribution >= 0.6 is 0 Å². The van der Waals surface area contributed by atoms with Gasteiger partial charge in [-0.1, -0.05) is 33.8 Å². The molecule has 1 aromatic rings. The van der Waals surface area contributed by atoms with Crippen LogP contribution in [0.15, 0.2) is 18.2 Å². The van der Waals surface area contributed by atoms with E-state index in [0.717, 1.165) is 32.0 Å². The lowest BCUT2D eigenvalue weighted by atomic mass is 9.52. The van der Waals surface area contributed by atoms with Crippen LogP contribution in [-0.4, -0.2) is 13.1 Å². The third-order valence-corrected chi connectivity index (χ3v) is 4.71. The molecule has 0 unspecified atom stereocenters. The molecule has 1 aliphatic carbocycles. The molecule has 112 valence electrons. The third kappa shape index (κ3) is 2.88. The zero-order valence-corrected chi connectivity index (χ0v) is 12.9. The first-order chi connectivity index (χ1) is 9.28. The van der Waals surface area contributed by atoms with Crippen molar-refractivity contribution in [3.8, 4) is 0 Å². The first kappa shape index (κ1) is 15.4. The molecule has 0 aliphatic heterocycles. The summed E-state index contributed by atoms with van der Waals surface area (Å²) in [5.41, 5.74) is 0.734. The summed E-state index contributed by atoms with van der Waals surface area (Å²) in [7, 11) is 0. The number of halogens is 2. The molecule has 0 aromatic heterocycles. The summed E-state index contributed by atoms with van der Waals surface area (Å²) in [5.74, 6) is -0.322. The van der Waals surface area contributed by atoms with Crippen molar-refractivity contribution in [3.05, 3.63) is 35.4 Å². The summed E-state index contributed by atoms with van der Waals surface area (Å²) in [6.45, 7) is 10.4. The van der Waals surface area contributed by atoms with E-state index in [-0.39, 0.29) is 10.8 Å². The predicted octanol–water partition coefficient (Wildman–Crippen LogP) is 4.27. The van der Waals surface area contributed by atoms with Crippen molar-refractivity contribution in [2.75, 3.05) is 13.1 Å². The van der Waals surface area contributed by atoms with Crippen molar-refractivity contribution in [1.29, 1.82) is 0 Å². The van der Waals surface area contributed by atoms with Crippen molar-refractivity contribution < 1.29 is 8.78 Å². The molecule has 1 aromatic carbocycles.